The summed E-state index contributed by atoms with van der Waals surface area (Å²) in [5.74, 6) is 0.610. The smallest absolute Gasteiger partial charge is 0.317 e. The van der Waals surface area contributed by atoms with Crippen LogP contribution in [0.2, 0.25) is 0 Å². The van der Waals surface area contributed by atoms with E-state index < -0.39 is 0 Å². The Hall–Kier alpha value is -1.51. The predicted octanol–water partition coefficient (Wildman–Crippen LogP) is 3.33. The molecular formula is C16H22N2O. The van der Waals surface area contributed by atoms with E-state index in [1.807, 2.05) is 18.0 Å². The number of hydrogen-bond acceptors (Lipinski definition) is 1. The number of nitrogens with one attached hydrogen (secondary N) is 1. The van der Waals surface area contributed by atoms with Gasteiger partial charge < -0.3 is 10.2 Å². The average Bonchev–Trinajstić information content (AvgIpc) is 3.20. The Bertz CT molecular complexity index is 437. The van der Waals surface area contributed by atoms with Crippen molar-refractivity contribution in [2.45, 2.75) is 44.2 Å². The van der Waals surface area contributed by atoms with Crippen LogP contribution in [0.4, 0.5) is 4.79 Å². The zero-order valence-electron chi connectivity index (χ0n) is 11.5. The first-order valence-electron chi connectivity index (χ1n) is 7.34. The van der Waals surface area contributed by atoms with Gasteiger partial charge in [-0.1, -0.05) is 36.8 Å². The molecule has 2 aliphatic carbocycles. The summed E-state index contributed by atoms with van der Waals surface area (Å²) in [4.78, 5) is 14.1. The third-order valence-electron chi connectivity index (χ3n) is 4.47. The molecule has 3 heteroatoms. The summed E-state index contributed by atoms with van der Waals surface area (Å²) in [6, 6.07) is 11.1. The minimum absolute atomic E-state index is 0.0863. The van der Waals surface area contributed by atoms with Crippen molar-refractivity contribution < 1.29 is 4.79 Å². The number of urea groups is 1. The zero-order valence-corrected chi connectivity index (χ0v) is 11.5. The fourth-order valence-electron chi connectivity index (χ4n) is 2.77. The second-order valence-corrected chi connectivity index (χ2v) is 5.87. The second-order valence-electron chi connectivity index (χ2n) is 5.87. The predicted molar refractivity (Wildman–Crippen MR) is 75.8 cm³/mol. The summed E-state index contributed by atoms with van der Waals surface area (Å²) in [6.45, 7) is 0. The molecule has 0 aromatic heterocycles. The standard InChI is InChI=1S/C16H22N2O/c1-18(14-10-11-14)16(19)17-15(13-8-5-9-13)12-6-3-2-4-7-12/h2-4,6-7,13-15H,5,8-11H2,1H3,(H,17,19)/t15-/m1/s1. The van der Waals surface area contributed by atoms with Gasteiger partial charge in [-0.3, -0.25) is 0 Å². The molecule has 0 saturated heterocycles. The largest absolute Gasteiger partial charge is 0.331 e. The van der Waals surface area contributed by atoms with Gasteiger partial charge in [-0.25, -0.2) is 4.79 Å². The molecule has 0 bridgehead atoms. The van der Waals surface area contributed by atoms with Gasteiger partial charge in [0.05, 0.1) is 6.04 Å². The maximum absolute atomic E-state index is 12.3. The number of hydrogen-bond donors (Lipinski definition) is 1. The lowest BCUT2D eigenvalue weighted by atomic mass is 9.77. The lowest BCUT2D eigenvalue weighted by molar-refractivity contribution is 0.182. The number of rotatable bonds is 4. The molecule has 1 aromatic carbocycles. The quantitative estimate of drug-likeness (QED) is 0.882. The van der Waals surface area contributed by atoms with Gasteiger partial charge in [0.25, 0.3) is 0 Å². The Morgan fingerprint density at radius 3 is 2.42 bits per heavy atom. The molecule has 0 aliphatic heterocycles. The molecule has 0 spiro atoms. The van der Waals surface area contributed by atoms with Crippen LogP contribution in [0.1, 0.15) is 43.7 Å². The van der Waals surface area contributed by atoms with Gasteiger partial charge in [-0.2, -0.15) is 0 Å². The minimum Gasteiger partial charge on any atom is -0.331 e. The monoisotopic (exact) mass is 258 g/mol. The van der Waals surface area contributed by atoms with E-state index in [4.69, 9.17) is 0 Å². The van der Waals surface area contributed by atoms with Crippen molar-refractivity contribution in [3.8, 4) is 0 Å². The van der Waals surface area contributed by atoms with Crippen LogP contribution in [0.3, 0.4) is 0 Å². The summed E-state index contributed by atoms with van der Waals surface area (Å²) in [5.41, 5.74) is 1.24. The normalized spacial score (nSPS) is 20.5. The van der Waals surface area contributed by atoms with Crippen LogP contribution in [-0.2, 0) is 0 Å². The Balaban J connectivity index is 1.70. The van der Waals surface area contributed by atoms with E-state index in [0.717, 1.165) is 12.8 Å². The molecule has 0 radical (unpaired) electrons. The molecule has 3 nitrogen and oxygen atoms in total. The Labute approximate surface area is 115 Å². The van der Waals surface area contributed by atoms with Gasteiger partial charge in [0.15, 0.2) is 0 Å². The molecule has 0 heterocycles. The highest BCUT2D eigenvalue weighted by atomic mass is 16.2. The highest BCUT2D eigenvalue weighted by Gasteiger charge is 2.34. The summed E-state index contributed by atoms with van der Waals surface area (Å²) < 4.78 is 0. The van der Waals surface area contributed by atoms with Crippen molar-refractivity contribution in [2.75, 3.05) is 7.05 Å². The molecule has 2 aliphatic rings. The summed E-state index contributed by atoms with van der Waals surface area (Å²) >= 11 is 0. The van der Waals surface area contributed by atoms with Crippen LogP contribution in [0.5, 0.6) is 0 Å². The zero-order chi connectivity index (χ0) is 13.2. The molecular weight excluding hydrogens is 236 g/mol. The van der Waals surface area contributed by atoms with Crippen LogP contribution in [0, 0.1) is 5.92 Å². The average molecular weight is 258 g/mol. The van der Waals surface area contributed by atoms with Gasteiger partial charge in [0.2, 0.25) is 0 Å². The third-order valence-corrected chi connectivity index (χ3v) is 4.47. The Kier molecular flexibility index (Phi) is 3.45. The van der Waals surface area contributed by atoms with Gasteiger partial charge in [-0.15, -0.1) is 0 Å². The topological polar surface area (TPSA) is 32.3 Å². The van der Waals surface area contributed by atoms with Crippen LogP contribution in [0.15, 0.2) is 30.3 Å². The molecule has 2 saturated carbocycles. The molecule has 19 heavy (non-hydrogen) atoms. The first-order valence-corrected chi connectivity index (χ1v) is 7.34. The van der Waals surface area contributed by atoms with Gasteiger partial charge in [0.1, 0.15) is 0 Å². The maximum atomic E-state index is 12.3. The van der Waals surface area contributed by atoms with Crippen LogP contribution < -0.4 is 5.32 Å². The van der Waals surface area contributed by atoms with Gasteiger partial charge in [-0.05, 0) is 37.2 Å². The fourth-order valence-corrected chi connectivity index (χ4v) is 2.77. The van der Waals surface area contributed by atoms with Crippen LogP contribution in [-0.4, -0.2) is 24.0 Å². The van der Waals surface area contributed by atoms with E-state index >= 15 is 0 Å². The number of nitrogens with zero attached hydrogens (tertiary/aromatic N) is 1. The lowest BCUT2D eigenvalue weighted by Gasteiger charge is -2.35. The Morgan fingerprint density at radius 1 is 1.21 bits per heavy atom. The van der Waals surface area contributed by atoms with E-state index in [1.54, 1.807) is 0 Å². The van der Waals surface area contributed by atoms with Gasteiger partial charge >= 0.3 is 6.03 Å². The number of carbonyl (C=O) groups excluding carboxylic acids is 1. The molecule has 2 fully saturated rings. The minimum atomic E-state index is 0.0863. The first-order chi connectivity index (χ1) is 9.25. The Morgan fingerprint density at radius 2 is 1.89 bits per heavy atom. The molecule has 0 unspecified atom stereocenters. The van der Waals surface area contributed by atoms with Crippen molar-refractivity contribution in [3.05, 3.63) is 35.9 Å². The van der Waals surface area contributed by atoms with Crippen molar-refractivity contribution in [1.82, 2.24) is 10.2 Å². The molecule has 1 aromatic rings. The number of carbonyl (C=O) groups is 1. The highest BCUT2D eigenvalue weighted by Crippen LogP contribution is 2.38. The van der Waals surface area contributed by atoms with E-state index in [1.165, 1.54) is 24.8 Å². The van der Waals surface area contributed by atoms with E-state index in [0.29, 0.717) is 12.0 Å². The van der Waals surface area contributed by atoms with Crippen molar-refractivity contribution in [3.63, 3.8) is 0 Å². The molecule has 3 rings (SSSR count). The van der Waals surface area contributed by atoms with Crippen molar-refractivity contribution in [1.29, 1.82) is 0 Å². The first kappa shape index (κ1) is 12.5. The number of amides is 2. The molecule has 2 amide bonds. The summed E-state index contributed by atoms with van der Waals surface area (Å²) in [6.07, 6.45) is 6.06. The summed E-state index contributed by atoms with van der Waals surface area (Å²) in [5, 5.41) is 3.24. The highest BCUT2D eigenvalue weighted by molar-refractivity contribution is 5.75. The molecule has 1 atom stereocenters. The third kappa shape index (κ3) is 2.75. The van der Waals surface area contributed by atoms with Crippen molar-refractivity contribution in [2.24, 2.45) is 5.92 Å². The van der Waals surface area contributed by atoms with Gasteiger partial charge in [0, 0.05) is 13.1 Å². The van der Waals surface area contributed by atoms with Crippen LogP contribution >= 0.6 is 0 Å². The van der Waals surface area contributed by atoms with E-state index in [-0.39, 0.29) is 12.1 Å². The second kappa shape index (κ2) is 5.24. The van der Waals surface area contributed by atoms with Crippen LogP contribution in [0.25, 0.3) is 0 Å². The summed E-state index contributed by atoms with van der Waals surface area (Å²) in [7, 11) is 1.91. The fraction of sp³-hybridized carbons (Fsp3) is 0.562. The molecule has 1 N–H and O–H groups in total. The number of benzene rings is 1. The van der Waals surface area contributed by atoms with E-state index in [9.17, 15) is 4.79 Å². The maximum Gasteiger partial charge on any atom is 0.317 e. The lowest BCUT2D eigenvalue weighted by Crippen LogP contribution is -2.43. The van der Waals surface area contributed by atoms with Crippen molar-refractivity contribution >= 4 is 6.03 Å². The SMILES string of the molecule is CN(C(=O)N[C@H](c1ccccc1)C1CCC1)C1CC1. The molecule has 102 valence electrons. The van der Waals surface area contributed by atoms with E-state index in [2.05, 4.69) is 29.6 Å².